The number of halogens is 2. The summed E-state index contributed by atoms with van der Waals surface area (Å²) in [6.45, 7) is 1.58. The highest BCUT2D eigenvalue weighted by Gasteiger charge is 2.16. The first-order valence-electron chi connectivity index (χ1n) is 6.56. The van der Waals surface area contributed by atoms with Crippen LogP contribution in [-0.2, 0) is 6.42 Å². The van der Waals surface area contributed by atoms with Crippen molar-refractivity contribution in [3.05, 3.63) is 68.0 Å². The minimum atomic E-state index is -1.17. The van der Waals surface area contributed by atoms with Crippen molar-refractivity contribution in [3.63, 3.8) is 0 Å². The molecule has 0 fully saturated rings. The van der Waals surface area contributed by atoms with Crippen molar-refractivity contribution < 1.29 is 18.7 Å². The van der Waals surface area contributed by atoms with Gasteiger partial charge in [-0.05, 0) is 24.6 Å². The molecule has 3 rings (SSSR count). The van der Waals surface area contributed by atoms with Gasteiger partial charge in [0.2, 0.25) is 5.01 Å². The molecule has 0 aliphatic rings. The van der Waals surface area contributed by atoms with Crippen LogP contribution in [-0.4, -0.2) is 20.7 Å². The molecule has 118 valence electrons. The van der Waals surface area contributed by atoms with Gasteiger partial charge in [-0.15, -0.1) is 5.10 Å². The van der Waals surface area contributed by atoms with E-state index in [0.29, 0.717) is 21.5 Å². The van der Waals surface area contributed by atoms with Crippen LogP contribution in [0.15, 0.2) is 29.2 Å². The van der Waals surface area contributed by atoms with E-state index in [9.17, 15) is 18.4 Å². The van der Waals surface area contributed by atoms with Crippen LogP contribution in [0.5, 0.6) is 0 Å². The highest BCUT2D eigenvalue weighted by Crippen LogP contribution is 2.19. The van der Waals surface area contributed by atoms with Crippen molar-refractivity contribution in [2.24, 2.45) is 0 Å². The van der Waals surface area contributed by atoms with Crippen LogP contribution in [0.2, 0.25) is 0 Å². The van der Waals surface area contributed by atoms with Crippen LogP contribution in [0.1, 0.15) is 26.5 Å². The number of benzene rings is 1. The van der Waals surface area contributed by atoms with E-state index in [-0.39, 0.29) is 16.9 Å². The normalized spacial score (nSPS) is 11.1. The molecular formula is C15H10F2N2O3S. The fraction of sp³-hybridized carbons (Fsp3) is 0.133. The summed E-state index contributed by atoms with van der Waals surface area (Å²) in [5.74, 6) is -3.11. The Bertz CT molecular complexity index is 994. The van der Waals surface area contributed by atoms with E-state index in [2.05, 4.69) is 5.10 Å². The van der Waals surface area contributed by atoms with Gasteiger partial charge in [0, 0.05) is 23.7 Å². The number of carboxylic acid groups (broad SMARTS) is 1. The number of aryl methyl sites for hydroxylation is 1. The molecule has 5 nitrogen and oxygen atoms in total. The van der Waals surface area contributed by atoms with E-state index in [1.54, 1.807) is 6.92 Å². The first kappa shape index (κ1) is 15.3. The molecule has 1 N–H and O–H groups in total. The Morgan fingerprint density at radius 2 is 2.09 bits per heavy atom. The van der Waals surface area contributed by atoms with Crippen molar-refractivity contribution in [1.29, 1.82) is 0 Å². The molecule has 0 amide bonds. The summed E-state index contributed by atoms with van der Waals surface area (Å²) in [5.41, 5.74) is 0.868. The number of pyridine rings is 1. The lowest BCUT2D eigenvalue weighted by atomic mass is 10.0. The minimum Gasteiger partial charge on any atom is -0.476 e. The Morgan fingerprint density at radius 1 is 1.35 bits per heavy atom. The monoisotopic (exact) mass is 336 g/mol. The van der Waals surface area contributed by atoms with Gasteiger partial charge in [0.15, 0.2) is 17.1 Å². The number of hydrogen-bond donors (Lipinski definition) is 1. The van der Waals surface area contributed by atoms with Crippen molar-refractivity contribution in [1.82, 2.24) is 9.61 Å². The zero-order chi connectivity index (χ0) is 16.7. The van der Waals surface area contributed by atoms with Gasteiger partial charge in [0.25, 0.3) is 0 Å². The fourth-order valence-corrected chi connectivity index (χ4v) is 3.10. The minimum absolute atomic E-state index is 0.0970. The average Bonchev–Trinajstić information content (AvgIpc) is 2.93. The lowest BCUT2D eigenvalue weighted by Crippen LogP contribution is -2.15. The SMILES string of the molecule is Cc1c(=O)c(Cc2ccc(F)c(F)c2)cn2nc(C(=O)O)sc12. The molecule has 0 atom stereocenters. The molecule has 1 aromatic carbocycles. The summed E-state index contributed by atoms with van der Waals surface area (Å²) in [5, 5.41) is 12.8. The standard InChI is InChI=1S/C15H10F2N2O3S/c1-7-12(20)9(4-8-2-3-10(16)11(17)5-8)6-19-14(7)23-13(18-19)15(21)22/h2-3,5-6H,4H2,1H3,(H,21,22). The molecule has 0 saturated heterocycles. The number of hydrogen-bond acceptors (Lipinski definition) is 4. The summed E-state index contributed by atoms with van der Waals surface area (Å²) in [6, 6.07) is 3.42. The van der Waals surface area contributed by atoms with Gasteiger partial charge in [0.1, 0.15) is 4.83 Å². The number of aromatic nitrogens is 2. The summed E-state index contributed by atoms with van der Waals surface area (Å²) in [4.78, 5) is 23.8. The number of aromatic carboxylic acids is 1. The van der Waals surface area contributed by atoms with Crippen LogP contribution < -0.4 is 5.43 Å². The van der Waals surface area contributed by atoms with Crippen molar-refractivity contribution >= 4 is 22.1 Å². The summed E-state index contributed by atoms with van der Waals surface area (Å²) in [7, 11) is 0. The van der Waals surface area contributed by atoms with Crippen molar-refractivity contribution in [2.75, 3.05) is 0 Å². The fourth-order valence-electron chi connectivity index (χ4n) is 2.26. The first-order chi connectivity index (χ1) is 10.9. The number of carbonyl (C=O) groups is 1. The van der Waals surface area contributed by atoms with Crippen LogP contribution in [0.3, 0.4) is 0 Å². The van der Waals surface area contributed by atoms with Crippen LogP contribution in [0.4, 0.5) is 8.78 Å². The van der Waals surface area contributed by atoms with Gasteiger partial charge in [0.05, 0.1) is 0 Å². The highest BCUT2D eigenvalue weighted by molar-refractivity contribution is 7.18. The topological polar surface area (TPSA) is 71.7 Å². The second-order valence-corrected chi connectivity index (χ2v) is 5.97. The maximum Gasteiger partial charge on any atom is 0.366 e. The van der Waals surface area contributed by atoms with E-state index in [4.69, 9.17) is 5.11 Å². The van der Waals surface area contributed by atoms with E-state index >= 15 is 0 Å². The van der Waals surface area contributed by atoms with Crippen LogP contribution in [0.25, 0.3) is 4.83 Å². The number of rotatable bonds is 3. The highest BCUT2D eigenvalue weighted by atomic mass is 32.1. The quantitative estimate of drug-likeness (QED) is 0.798. The molecule has 23 heavy (non-hydrogen) atoms. The second-order valence-electron chi connectivity index (χ2n) is 5.00. The Kier molecular flexibility index (Phi) is 3.69. The van der Waals surface area contributed by atoms with Gasteiger partial charge >= 0.3 is 5.97 Å². The lowest BCUT2D eigenvalue weighted by Gasteiger charge is -2.04. The molecule has 2 aromatic heterocycles. The maximum absolute atomic E-state index is 13.3. The Labute approximate surface area is 132 Å². The maximum atomic E-state index is 13.3. The smallest absolute Gasteiger partial charge is 0.366 e. The molecule has 0 radical (unpaired) electrons. The van der Waals surface area contributed by atoms with Crippen molar-refractivity contribution in [3.8, 4) is 0 Å². The molecule has 0 unspecified atom stereocenters. The van der Waals surface area contributed by atoms with E-state index in [1.807, 2.05) is 0 Å². The van der Waals surface area contributed by atoms with Gasteiger partial charge in [-0.3, -0.25) is 4.79 Å². The molecular weight excluding hydrogens is 326 g/mol. The molecule has 0 aliphatic heterocycles. The molecule has 2 heterocycles. The zero-order valence-electron chi connectivity index (χ0n) is 11.8. The second kappa shape index (κ2) is 5.54. The third kappa shape index (κ3) is 2.72. The van der Waals surface area contributed by atoms with E-state index in [1.165, 1.54) is 16.8 Å². The van der Waals surface area contributed by atoms with Gasteiger partial charge in [-0.2, -0.15) is 0 Å². The predicted molar refractivity (Wildman–Crippen MR) is 80.2 cm³/mol. The number of carboxylic acids is 1. The Hall–Kier alpha value is -2.61. The number of fused-ring (bicyclic) bond motifs is 1. The van der Waals surface area contributed by atoms with Crippen molar-refractivity contribution in [2.45, 2.75) is 13.3 Å². The van der Waals surface area contributed by atoms with E-state index in [0.717, 1.165) is 23.5 Å². The average molecular weight is 336 g/mol. The number of nitrogens with zero attached hydrogens (tertiary/aromatic N) is 2. The van der Waals surface area contributed by atoms with Gasteiger partial charge in [-0.25, -0.2) is 18.1 Å². The Balaban J connectivity index is 2.10. The van der Waals surface area contributed by atoms with Gasteiger partial charge < -0.3 is 5.11 Å². The molecule has 0 aliphatic carbocycles. The van der Waals surface area contributed by atoms with Crippen LogP contribution >= 0.6 is 11.3 Å². The first-order valence-corrected chi connectivity index (χ1v) is 7.37. The summed E-state index contributed by atoms with van der Waals surface area (Å²) < 4.78 is 27.6. The van der Waals surface area contributed by atoms with Gasteiger partial charge in [-0.1, -0.05) is 17.4 Å². The third-order valence-corrected chi connectivity index (χ3v) is 4.53. The molecule has 0 saturated carbocycles. The molecule has 0 bridgehead atoms. The summed E-state index contributed by atoms with van der Waals surface area (Å²) >= 11 is 0.908. The predicted octanol–water partition coefficient (Wildman–Crippen LogP) is 2.63. The van der Waals surface area contributed by atoms with Crippen LogP contribution in [0, 0.1) is 18.6 Å². The molecule has 8 heteroatoms. The van der Waals surface area contributed by atoms with E-state index < -0.39 is 17.6 Å². The largest absolute Gasteiger partial charge is 0.476 e. The molecule has 0 spiro atoms. The molecule has 3 aromatic rings. The Morgan fingerprint density at radius 3 is 2.74 bits per heavy atom. The zero-order valence-corrected chi connectivity index (χ0v) is 12.7. The third-order valence-electron chi connectivity index (χ3n) is 3.39. The summed E-state index contributed by atoms with van der Waals surface area (Å²) in [6.07, 6.45) is 1.52. The lowest BCUT2D eigenvalue weighted by molar-refractivity contribution is 0.0695.